The molecule has 5 nitrogen and oxygen atoms in total. The SMILES string of the molecule is Cc1nc2c(c(=O)[nH]1)CN(c1ccc(C(F)(F)F)cn1)CC2. The zero-order chi connectivity index (χ0) is 15.9. The van der Waals surface area contributed by atoms with Crippen molar-refractivity contribution < 1.29 is 13.2 Å². The molecule has 1 aliphatic rings. The van der Waals surface area contributed by atoms with Crippen LogP contribution in [0.15, 0.2) is 23.1 Å². The van der Waals surface area contributed by atoms with Gasteiger partial charge in [-0.2, -0.15) is 13.2 Å². The average Bonchev–Trinajstić information content (AvgIpc) is 2.46. The molecule has 22 heavy (non-hydrogen) atoms. The van der Waals surface area contributed by atoms with E-state index >= 15 is 0 Å². The molecule has 0 bridgehead atoms. The van der Waals surface area contributed by atoms with Gasteiger partial charge >= 0.3 is 6.18 Å². The summed E-state index contributed by atoms with van der Waals surface area (Å²) in [5.74, 6) is 0.975. The highest BCUT2D eigenvalue weighted by atomic mass is 19.4. The fourth-order valence-corrected chi connectivity index (χ4v) is 2.49. The molecule has 0 aromatic carbocycles. The summed E-state index contributed by atoms with van der Waals surface area (Å²) in [7, 11) is 0. The third-order valence-electron chi connectivity index (χ3n) is 3.59. The Bertz CT molecular complexity index is 752. The molecule has 0 fully saturated rings. The Morgan fingerprint density at radius 1 is 1.32 bits per heavy atom. The lowest BCUT2D eigenvalue weighted by atomic mass is 10.1. The molecule has 0 amide bonds. The minimum absolute atomic E-state index is 0.209. The Morgan fingerprint density at radius 3 is 2.73 bits per heavy atom. The second kappa shape index (κ2) is 5.11. The molecule has 8 heteroatoms. The predicted octanol–water partition coefficient (Wildman–Crippen LogP) is 2.05. The number of halogens is 3. The highest BCUT2D eigenvalue weighted by Crippen LogP contribution is 2.30. The third-order valence-corrected chi connectivity index (χ3v) is 3.59. The fourth-order valence-electron chi connectivity index (χ4n) is 2.49. The fraction of sp³-hybridized carbons (Fsp3) is 0.357. The molecule has 2 aromatic heterocycles. The number of aryl methyl sites for hydroxylation is 1. The summed E-state index contributed by atoms with van der Waals surface area (Å²) in [4.78, 5) is 24.5. The van der Waals surface area contributed by atoms with E-state index < -0.39 is 11.7 Å². The second-order valence-electron chi connectivity index (χ2n) is 5.15. The molecule has 0 saturated carbocycles. The van der Waals surface area contributed by atoms with Crippen molar-refractivity contribution in [1.29, 1.82) is 0 Å². The molecular weight excluding hydrogens is 297 g/mol. The van der Waals surface area contributed by atoms with Crippen molar-refractivity contribution in [2.75, 3.05) is 11.4 Å². The Hall–Kier alpha value is -2.38. The number of rotatable bonds is 1. The van der Waals surface area contributed by atoms with E-state index in [9.17, 15) is 18.0 Å². The average molecular weight is 310 g/mol. The molecule has 3 rings (SSSR count). The summed E-state index contributed by atoms with van der Waals surface area (Å²) >= 11 is 0. The maximum atomic E-state index is 12.5. The van der Waals surface area contributed by atoms with Gasteiger partial charge in [-0.1, -0.05) is 0 Å². The first-order valence-corrected chi connectivity index (χ1v) is 6.71. The van der Waals surface area contributed by atoms with Gasteiger partial charge in [-0.25, -0.2) is 9.97 Å². The molecule has 0 atom stereocenters. The van der Waals surface area contributed by atoms with E-state index in [1.54, 1.807) is 11.8 Å². The molecule has 0 spiro atoms. The van der Waals surface area contributed by atoms with Crippen LogP contribution in [0, 0.1) is 6.92 Å². The summed E-state index contributed by atoms with van der Waals surface area (Å²) in [6.45, 7) is 2.56. The third kappa shape index (κ3) is 2.68. The number of anilines is 1. The molecule has 0 aliphatic carbocycles. The Labute approximate surface area is 123 Å². The zero-order valence-electron chi connectivity index (χ0n) is 11.7. The van der Waals surface area contributed by atoms with Crippen LogP contribution in [0.25, 0.3) is 0 Å². The van der Waals surface area contributed by atoms with Crippen molar-refractivity contribution >= 4 is 5.82 Å². The monoisotopic (exact) mass is 310 g/mol. The van der Waals surface area contributed by atoms with Gasteiger partial charge in [0.15, 0.2) is 0 Å². The molecule has 0 radical (unpaired) electrons. The highest BCUT2D eigenvalue weighted by Gasteiger charge is 2.31. The van der Waals surface area contributed by atoms with Gasteiger partial charge in [0, 0.05) is 19.2 Å². The van der Waals surface area contributed by atoms with Crippen LogP contribution in [0.5, 0.6) is 0 Å². The van der Waals surface area contributed by atoms with Gasteiger partial charge in [0.1, 0.15) is 11.6 Å². The normalized spacial score (nSPS) is 14.8. The number of fused-ring (bicyclic) bond motifs is 1. The van der Waals surface area contributed by atoms with Crippen LogP contribution in [-0.2, 0) is 19.1 Å². The topological polar surface area (TPSA) is 61.9 Å². The van der Waals surface area contributed by atoms with Crippen LogP contribution < -0.4 is 10.5 Å². The van der Waals surface area contributed by atoms with E-state index in [2.05, 4.69) is 15.0 Å². The summed E-state index contributed by atoms with van der Waals surface area (Å²) in [5.41, 5.74) is 0.283. The summed E-state index contributed by atoms with van der Waals surface area (Å²) < 4.78 is 37.6. The quantitative estimate of drug-likeness (QED) is 0.876. The van der Waals surface area contributed by atoms with Gasteiger partial charge in [0.2, 0.25) is 0 Å². The van der Waals surface area contributed by atoms with Crippen LogP contribution in [0.1, 0.15) is 22.6 Å². The standard InChI is InChI=1S/C14H13F3N4O/c1-8-19-11-4-5-21(7-10(11)13(22)20-8)12-3-2-9(6-18-12)14(15,16)17/h2-3,6H,4-5,7H2,1H3,(H,19,20,22). The molecule has 2 aromatic rings. The number of nitrogens with one attached hydrogen (secondary N) is 1. The second-order valence-corrected chi connectivity index (χ2v) is 5.15. The number of alkyl halides is 3. The Kier molecular flexibility index (Phi) is 3.38. The number of H-pyrrole nitrogens is 1. The lowest BCUT2D eigenvalue weighted by Crippen LogP contribution is -2.36. The number of nitrogens with zero attached hydrogens (tertiary/aromatic N) is 3. The molecular formula is C14H13F3N4O. The van der Waals surface area contributed by atoms with Crippen molar-refractivity contribution in [1.82, 2.24) is 15.0 Å². The first-order chi connectivity index (χ1) is 10.3. The summed E-state index contributed by atoms with van der Waals surface area (Å²) in [5, 5.41) is 0. The molecule has 0 saturated heterocycles. The first kappa shape index (κ1) is 14.6. The predicted molar refractivity (Wildman–Crippen MR) is 73.6 cm³/mol. The van der Waals surface area contributed by atoms with Crippen molar-refractivity contribution in [3.63, 3.8) is 0 Å². The molecule has 1 N–H and O–H groups in total. The largest absolute Gasteiger partial charge is 0.417 e. The van der Waals surface area contributed by atoms with Crippen LogP contribution in [-0.4, -0.2) is 21.5 Å². The van der Waals surface area contributed by atoms with Crippen LogP contribution >= 0.6 is 0 Å². The van der Waals surface area contributed by atoms with Crippen molar-refractivity contribution in [3.8, 4) is 0 Å². The number of aromatic nitrogens is 3. The maximum Gasteiger partial charge on any atom is 0.417 e. The smallest absolute Gasteiger partial charge is 0.352 e. The maximum absolute atomic E-state index is 12.5. The van der Waals surface area contributed by atoms with Gasteiger partial charge in [0.05, 0.1) is 23.4 Å². The van der Waals surface area contributed by atoms with E-state index in [1.807, 2.05) is 0 Å². The summed E-state index contributed by atoms with van der Waals surface area (Å²) in [6.07, 6.45) is -3.04. The number of hydrogen-bond donors (Lipinski definition) is 1. The van der Waals surface area contributed by atoms with Gasteiger partial charge in [-0.3, -0.25) is 4.79 Å². The molecule has 116 valence electrons. The first-order valence-electron chi connectivity index (χ1n) is 6.71. The van der Waals surface area contributed by atoms with Gasteiger partial charge in [-0.05, 0) is 19.1 Å². The Morgan fingerprint density at radius 2 is 2.09 bits per heavy atom. The lowest BCUT2D eigenvalue weighted by molar-refractivity contribution is -0.137. The number of pyridine rings is 1. The van der Waals surface area contributed by atoms with E-state index in [4.69, 9.17) is 0 Å². The minimum Gasteiger partial charge on any atom is -0.352 e. The van der Waals surface area contributed by atoms with Gasteiger partial charge in [-0.15, -0.1) is 0 Å². The van der Waals surface area contributed by atoms with Crippen LogP contribution in [0.4, 0.5) is 19.0 Å². The number of aromatic amines is 1. The molecule has 3 heterocycles. The van der Waals surface area contributed by atoms with Crippen molar-refractivity contribution in [2.24, 2.45) is 0 Å². The zero-order valence-corrected chi connectivity index (χ0v) is 11.7. The van der Waals surface area contributed by atoms with E-state index in [0.29, 0.717) is 30.2 Å². The minimum atomic E-state index is -4.40. The highest BCUT2D eigenvalue weighted by molar-refractivity contribution is 5.43. The van der Waals surface area contributed by atoms with Gasteiger partial charge in [0.25, 0.3) is 5.56 Å². The molecule has 1 aliphatic heterocycles. The molecule has 0 unspecified atom stereocenters. The van der Waals surface area contributed by atoms with E-state index in [1.165, 1.54) is 6.07 Å². The van der Waals surface area contributed by atoms with E-state index in [0.717, 1.165) is 18.0 Å². The lowest BCUT2D eigenvalue weighted by Gasteiger charge is -2.28. The van der Waals surface area contributed by atoms with Gasteiger partial charge < -0.3 is 9.88 Å². The number of hydrogen-bond acceptors (Lipinski definition) is 4. The van der Waals surface area contributed by atoms with E-state index in [-0.39, 0.29) is 12.1 Å². The summed E-state index contributed by atoms with van der Waals surface area (Å²) in [6, 6.07) is 2.32. The Balaban J connectivity index is 1.87. The van der Waals surface area contributed by atoms with Crippen molar-refractivity contribution in [2.45, 2.75) is 26.1 Å². The van der Waals surface area contributed by atoms with Crippen LogP contribution in [0.2, 0.25) is 0 Å². The van der Waals surface area contributed by atoms with Crippen LogP contribution in [0.3, 0.4) is 0 Å². The van der Waals surface area contributed by atoms with Crippen molar-refractivity contribution in [3.05, 3.63) is 51.3 Å².